The van der Waals surface area contributed by atoms with Crippen molar-refractivity contribution in [2.24, 2.45) is 11.7 Å². The van der Waals surface area contributed by atoms with Crippen LogP contribution in [0.4, 0.5) is 0 Å². The number of rotatable bonds is 25. The van der Waals surface area contributed by atoms with Crippen LogP contribution in [0.15, 0.2) is 0 Å². The first-order valence-corrected chi connectivity index (χ1v) is 22.0. The van der Waals surface area contributed by atoms with Crippen LogP contribution in [0.3, 0.4) is 0 Å². The van der Waals surface area contributed by atoms with Gasteiger partial charge in [0, 0.05) is 12.8 Å². The van der Waals surface area contributed by atoms with Gasteiger partial charge in [0.15, 0.2) is 0 Å². The number of aliphatic carboxylic acids is 1. The fourth-order valence-corrected chi connectivity index (χ4v) is 5.54. The van der Waals surface area contributed by atoms with Gasteiger partial charge in [-0.05, 0) is 115 Å². The first-order chi connectivity index (χ1) is 29.9. The Morgan fingerprint density at radius 2 is 0.848 bits per heavy atom. The summed E-state index contributed by atoms with van der Waals surface area (Å²) >= 11 is 0. The lowest BCUT2D eigenvalue weighted by molar-refractivity contribution is -0.157. The van der Waals surface area contributed by atoms with Gasteiger partial charge in [0.2, 0.25) is 35.4 Å². The van der Waals surface area contributed by atoms with Crippen molar-refractivity contribution in [2.75, 3.05) is 13.2 Å². The third kappa shape index (κ3) is 27.8. The minimum absolute atomic E-state index is 0.0736. The van der Waals surface area contributed by atoms with E-state index in [4.69, 9.17) is 24.7 Å². The van der Waals surface area contributed by atoms with Crippen LogP contribution in [0, 0.1) is 5.92 Å². The molecular formula is C44H77N7O15. The molecule has 0 radical (unpaired) electrons. The van der Waals surface area contributed by atoms with Crippen molar-refractivity contribution in [3.63, 3.8) is 0 Å². The number of carboxylic acids is 1. The van der Waals surface area contributed by atoms with Crippen LogP contribution in [-0.2, 0) is 66.9 Å². The lowest BCUT2D eigenvalue weighted by atomic mass is 10.0. The normalized spacial score (nSPS) is 14.7. The first kappa shape index (κ1) is 60.6. The number of esters is 3. The fraction of sp³-hybridized carbons (Fsp3) is 0.773. The third-order valence-electron chi connectivity index (χ3n) is 8.39. The molecule has 9 N–H and O–H groups in total. The van der Waals surface area contributed by atoms with Crippen molar-refractivity contribution in [2.45, 2.75) is 201 Å². The van der Waals surface area contributed by atoms with Crippen molar-refractivity contribution in [1.82, 2.24) is 31.9 Å². The molecule has 0 aliphatic carbocycles. The Morgan fingerprint density at radius 3 is 1.23 bits per heavy atom. The number of carboxylic acid groups (broad SMARTS) is 1. The number of nitrogens with two attached hydrogens (primary N) is 1. The fourth-order valence-electron chi connectivity index (χ4n) is 5.54. The van der Waals surface area contributed by atoms with Crippen molar-refractivity contribution < 1.29 is 72.0 Å². The maximum atomic E-state index is 14.3. The molecule has 0 aromatic rings. The molecule has 6 atom stereocenters. The zero-order chi connectivity index (χ0) is 51.5. The van der Waals surface area contributed by atoms with Gasteiger partial charge in [0.25, 0.3) is 0 Å². The Morgan fingerprint density at radius 1 is 0.485 bits per heavy atom. The van der Waals surface area contributed by atoms with E-state index >= 15 is 0 Å². The molecule has 22 nitrogen and oxygen atoms in total. The van der Waals surface area contributed by atoms with E-state index in [1.807, 2.05) is 0 Å². The topological polar surface area (TPSA) is 326 Å². The highest BCUT2D eigenvalue weighted by atomic mass is 16.6. The van der Waals surface area contributed by atoms with Gasteiger partial charge in [-0.15, -0.1) is 0 Å². The second-order valence-corrected chi connectivity index (χ2v) is 20.2. The molecule has 0 saturated carbocycles. The zero-order valence-electron chi connectivity index (χ0n) is 41.4. The molecule has 0 aromatic heterocycles. The average Bonchev–Trinajstić information content (AvgIpc) is 3.12. The number of nitrogens with one attached hydrogen (secondary N) is 6. The van der Waals surface area contributed by atoms with Crippen molar-refractivity contribution in [3.8, 4) is 0 Å². The van der Waals surface area contributed by atoms with E-state index in [9.17, 15) is 53.1 Å². The van der Waals surface area contributed by atoms with E-state index in [1.165, 1.54) is 6.92 Å². The van der Waals surface area contributed by atoms with Crippen molar-refractivity contribution in [3.05, 3.63) is 0 Å². The van der Waals surface area contributed by atoms with Crippen LogP contribution in [0.5, 0.6) is 0 Å². The summed E-state index contributed by atoms with van der Waals surface area (Å²) in [5.41, 5.74) is 1.78. The summed E-state index contributed by atoms with van der Waals surface area (Å²) in [7, 11) is 0. The summed E-state index contributed by atoms with van der Waals surface area (Å²) in [6.45, 7) is 23.3. The SMILES string of the molecule is CC(C)C[C@H](NC(=O)[C@H](COC(C)(C)C)NC(=O)[C@H](CCC(=O)OC(C)(C)C)NC(=O)[C@H](CCC(=O)OC(C)(C)C)NC(=O)[C@H](CC(=O)OC(C)(C)C)NC(=O)CN)C(=O)N[C@@H](C)C(=O)O. The number of amides is 6. The van der Waals surface area contributed by atoms with E-state index in [2.05, 4.69) is 31.9 Å². The van der Waals surface area contributed by atoms with Gasteiger partial charge in [0.05, 0.1) is 25.2 Å². The van der Waals surface area contributed by atoms with E-state index in [0.29, 0.717) is 0 Å². The number of carbonyl (C=O) groups excluding carboxylic acids is 9. The predicted octanol–water partition coefficient (Wildman–Crippen LogP) is 0.795. The van der Waals surface area contributed by atoms with Crippen LogP contribution < -0.4 is 37.6 Å². The Labute approximate surface area is 388 Å². The standard InChI is InChI=1S/C44H77N7O15/c1-24(2)20-28(37(58)46-25(3)40(61)62)50-39(60)30(23-63-41(4,5)6)51-36(57)27(17-19-33(54)65-43(10,11)12)48-35(56)26(16-18-32(53)64-42(7,8)9)49-38(59)29(47-31(52)22-45)21-34(55)66-44(13,14)15/h24-30H,16-23,45H2,1-15H3,(H,46,58)(H,47,52)(H,48,56)(H,49,59)(H,50,60)(H,51,57)(H,61,62)/t25-,26-,27-,28-,29-,30-/m0/s1. The Hall–Kier alpha value is -5.38. The van der Waals surface area contributed by atoms with Gasteiger partial charge < -0.3 is 61.7 Å². The molecule has 66 heavy (non-hydrogen) atoms. The van der Waals surface area contributed by atoms with Crippen LogP contribution in [0.1, 0.15) is 142 Å². The second kappa shape index (κ2) is 26.7. The summed E-state index contributed by atoms with van der Waals surface area (Å²) < 4.78 is 22.0. The van der Waals surface area contributed by atoms with Gasteiger partial charge in [-0.25, -0.2) is 0 Å². The van der Waals surface area contributed by atoms with E-state index in [0.717, 1.165) is 0 Å². The largest absolute Gasteiger partial charge is 0.480 e. The van der Waals surface area contributed by atoms with Gasteiger partial charge >= 0.3 is 23.9 Å². The van der Waals surface area contributed by atoms with Crippen LogP contribution in [0.2, 0.25) is 0 Å². The Bertz CT molecular complexity index is 1710. The van der Waals surface area contributed by atoms with Gasteiger partial charge in [-0.2, -0.15) is 0 Å². The molecule has 0 fully saturated rings. The molecule has 22 heteroatoms. The van der Waals surface area contributed by atoms with Gasteiger partial charge in [0.1, 0.15) is 53.1 Å². The van der Waals surface area contributed by atoms with Crippen LogP contribution in [-0.4, -0.2) is 136 Å². The number of carbonyl (C=O) groups is 10. The van der Waals surface area contributed by atoms with E-state index < -0.39 is 163 Å². The molecule has 0 aliphatic heterocycles. The van der Waals surface area contributed by atoms with E-state index in [1.54, 1.807) is 96.9 Å². The lowest BCUT2D eigenvalue weighted by Gasteiger charge is -2.29. The smallest absolute Gasteiger partial charge is 0.325 e. The first-order valence-electron chi connectivity index (χ1n) is 22.0. The number of hydrogen-bond acceptors (Lipinski definition) is 15. The lowest BCUT2D eigenvalue weighted by Crippen LogP contribution is -2.60. The summed E-state index contributed by atoms with van der Waals surface area (Å²) in [5.74, 6) is -9.56. The summed E-state index contributed by atoms with van der Waals surface area (Å²) in [6, 6.07) is -8.99. The maximum Gasteiger partial charge on any atom is 0.325 e. The third-order valence-corrected chi connectivity index (χ3v) is 8.39. The van der Waals surface area contributed by atoms with Gasteiger partial charge in [-0.1, -0.05) is 13.8 Å². The highest BCUT2D eigenvalue weighted by molar-refractivity contribution is 5.98. The molecule has 0 heterocycles. The van der Waals surface area contributed by atoms with E-state index in [-0.39, 0.29) is 12.3 Å². The summed E-state index contributed by atoms with van der Waals surface area (Å²) in [5, 5.41) is 24.0. The Kier molecular flexibility index (Phi) is 24.5. The molecule has 0 unspecified atom stereocenters. The maximum absolute atomic E-state index is 14.3. The predicted molar refractivity (Wildman–Crippen MR) is 240 cm³/mol. The minimum atomic E-state index is -1.65. The molecule has 0 aliphatic rings. The molecule has 0 bridgehead atoms. The van der Waals surface area contributed by atoms with Gasteiger partial charge in [-0.3, -0.25) is 47.9 Å². The van der Waals surface area contributed by atoms with Crippen molar-refractivity contribution >= 4 is 59.3 Å². The van der Waals surface area contributed by atoms with Crippen molar-refractivity contribution in [1.29, 1.82) is 0 Å². The molecule has 378 valence electrons. The molecule has 0 spiro atoms. The molecule has 0 rings (SSSR count). The van der Waals surface area contributed by atoms with Crippen LogP contribution >= 0.6 is 0 Å². The molecule has 0 aromatic carbocycles. The quantitative estimate of drug-likeness (QED) is 0.0464. The number of hydrogen-bond donors (Lipinski definition) is 8. The molecular weight excluding hydrogens is 867 g/mol. The highest BCUT2D eigenvalue weighted by Gasteiger charge is 2.36. The molecule has 6 amide bonds. The second-order valence-electron chi connectivity index (χ2n) is 20.2. The zero-order valence-corrected chi connectivity index (χ0v) is 41.4. The average molecular weight is 944 g/mol. The number of ether oxygens (including phenoxy) is 4. The molecule has 0 saturated heterocycles. The monoisotopic (exact) mass is 944 g/mol. The highest BCUT2D eigenvalue weighted by Crippen LogP contribution is 2.15. The minimum Gasteiger partial charge on any atom is -0.480 e. The van der Waals surface area contributed by atoms with Crippen LogP contribution in [0.25, 0.3) is 0 Å². The summed E-state index contributed by atoms with van der Waals surface area (Å²) in [6.07, 6.45) is -2.35. The summed E-state index contributed by atoms with van der Waals surface area (Å²) in [4.78, 5) is 132. The Balaban J connectivity index is 7.16.